The number of carbonyl (C=O) groups excluding carboxylic acids is 2. The van der Waals surface area contributed by atoms with Crippen LogP contribution >= 0.6 is 0 Å². The first-order chi connectivity index (χ1) is 8.16. The predicted octanol–water partition coefficient (Wildman–Crippen LogP) is 1.79. The number of aldehydes is 1. The molecule has 0 spiro atoms. The third-order valence-corrected chi connectivity index (χ3v) is 2.09. The molecule has 90 valence electrons. The van der Waals surface area contributed by atoms with Gasteiger partial charge in [0, 0.05) is 13.0 Å². The lowest BCUT2D eigenvalue weighted by Gasteiger charge is -2.21. The Kier molecular flexibility index (Phi) is 4.87. The van der Waals surface area contributed by atoms with Gasteiger partial charge in [-0.05, 0) is 19.1 Å². The minimum atomic E-state index is -0.398. The van der Waals surface area contributed by atoms with Gasteiger partial charge in [-0.2, -0.15) is 0 Å². The number of rotatable bonds is 4. The van der Waals surface area contributed by atoms with Crippen molar-refractivity contribution in [3.63, 3.8) is 0 Å². The second kappa shape index (κ2) is 6.42. The molecule has 1 aromatic carbocycles. The molecule has 0 atom stereocenters. The average molecular weight is 233 g/mol. The summed E-state index contributed by atoms with van der Waals surface area (Å²) in [6.45, 7) is 1.81. The van der Waals surface area contributed by atoms with Gasteiger partial charge in [0.25, 0.3) is 0 Å². The second-order valence-corrected chi connectivity index (χ2v) is 3.44. The van der Waals surface area contributed by atoms with Gasteiger partial charge in [0.05, 0.1) is 5.69 Å². The number of carbonyl (C=O) groups is 2. The third-order valence-electron chi connectivity index (χ3n) is 2.09. The maximum absolute atomic E-state index is 11.8. The minimum Gasteiger partial charge on any atom is -0.337 e. The first kappa shape index (κ1) is 12.9. The van der Waals surface area contributed by atoms with E-state index in [4.69, 9.17) is 5.41 Å². The fraction of sp³-hybridized carbons (Fsp3) is 0.250. The molecule has 0 unspecified atom stereocenters. The topological polar surface area (TPSA) is 73.3 Å². The van der Waals surface area contributed by atoms with E-state index in [1.54, 1.807) is 24.3 Å². The monoisotopic (exact) mass is 233 g/mol. The Bertz CT molecular complexity index is 403. The lowest BCUT2D eigenvalue weighted by molar-refractivity contribution is -0.107. The van der Waals surface area contributed by atoms with Crippen LogP contribution in [0.1, 0.15) is 13.3 Å². The Hall–Kier alpha value is -2.17. The van der Waals surface area contributed by atoms with E-state index in [1.165, 1.54) is 11.8 Å². The normalized spacial score (nSPS) is 9.47. The Morgan fingerprint density at radius 1 is 1.41 bits per heavy atom. The van der Waals surface area contributed by atoms with E-state index < -0.39 is 6.03 Å². The summed E-state index contributed by atoms with van der Waals surface area (Å²) < 4.78 is 0. The quantitative estimate of drug-likeness (QED) is 0.360. The number of nitrogens with one attached hydrogen (secondary N) is 2. The van der Waals surface area contributed by atoms with Crippen molar-refractivity contribution in [1.82, 2.24) is 5.32 Å². The van der Waals surface area contributed by atoms with Crippen LogP contribution in [0.2, 0.25) is 0 Å². The average Bonchev–Trinajstić information content (AvgIpc) is 2.30. The number of benzene rings is 1. The van der Waals surface area contributed by atoms with Crippen molar-refractivity contribution in [2.45, 2.75) is 13.3 Å². The number of para-hydroxylation sites is 1. The van der Waals surface area contributed by atoms with E-state index in [1.807, 2.05) is 6.07 Å². The van der Waals surface area contributed by atoms with Crippen LogP contribution < -0.4 is 10.2 Å². The van der Waals surface area contributed by atoms with Crippen molar-refractivity contribution in [3.8, 4) is 0 Å². The first-order valence-corrected chi connectivity index (χ1v) is 5.28. The standard InChI is InChI=1S/C12H15N3O2/c1-10(13)15(11-6-3-2-4-7-11)12(17)14-8-5-9-16/h2-4,6-7,9,13H,5,8H2,1H3,(H,14,17). The van der Waals surface area contributed by atoms with E-state index >= 15 is 0 Å². The van der Waals surface area contributed by atoms with Crippen LogP contribution in [0.3, 0.4) is 0 Å². The molecule has 1 rings (SSSR count). The molecule has 0 saturated heterocycles. The summed E-state index contributed by atoms with van der Waals surface area (Å²) in [7, 11) is 0. The third kappa shape index (κ3) is 3.71. The smallest absolute Gasteiger partial charge is 0.327 e. The van der Waals surface area contributed by atoms with Gasteiger partial charge in [-0.3, -0.25) is 10.3 Å². The van der Waals surface area contributed by atoms with E-state index in [2.05, 4.69) is 5.32 Å². The molecular weight excluding hydrogens is 218 g/mol. The molecule has 5 nitrogen and oxygen atoms in total. The van der Waals surface area contributed by atoms with Crippen molar-refractivity contribution in [2.75, 3.05) is 11.4 Å². The molecule has 0 bridgehead atoms. The van der Waals surface area contributed by atoms with Gasteiger partial charge in [-0.15, -0.1) is 0 Å². The van der Waals surface area contributed by atoms with Crippen molar-refractivity contribution in [2.24, 2.45) is 0 Å². The van der Waals surface area contributed by atoms with Crippen LogP contribution in [0.4, 0.5) is 10.5 Å². The molecule has 2 N–H and O–H groups in total. The fourth-order valence-corrected chi connectivity index (χ4v) is 1.36. The summed E-state index contributed by atoms with van der Waals surface area (Å²) in [6.07, 6.45) is 1.01. The van der Waals surface area contributed by atoms with Crippen LogP contribution in [0, 0.1) is 5.41 Å². The molecule has 0 aliphatic rings. The van der Waals surface area contributed by atoms with Crippen LogP contribution in [0.15, 0.2) is 30.3 Å². The molecule has 5 heteroatoms. The maximum atomic E-state index is 11.8. The van der Waals surface area contributed by atoms with Gasteiger partial charge in [0.15, 0.2) is 0 Å². The number of hydrogen-bond donors (Lipinski definition) is 2. The number of anilines is 1. The summed E-state index contributed by atoms with van der Waals surface area (Å²) in [4.78, 5) is 23.2. The molecule has 0 fully saturated rings. The molecule has 0 heterocycles. The molecule has 0 saturated carbocycles. The fourth-order valence-electron chi connectivity index (χ4n) is 1.36. The Labute approximate surface area is 99.9 Å². The summed E-state index contributed by atoms with van der Waals surface area (Å²) in [6, 6.07) is 8.53. The van der Waals surface area contributed by atoms with Gasteiger partial charge in [-0.1, -0.05) is 18.2 Å². The summed E-state index contributed by atoms with van der Waals surface area (Å²) in [5.74, 6) is 0.125. The summed E-state index contributed by atoms with van der Waals surface area (Å²) in [5, 5.41) is 10.2. The number of amidine groups is 1. The van der Waals surface area contributed by atoms with Crippen LogP contribution in [-0.4, -0.2) is 24.7 Å². The zero-order chi connectivity index (χ0) is 12.7. The zero-order valence-corrected chi connectivity index (χ0v) is 9.64. The lowest BCUT2D eigenvalue weighted by Crippen LogP contribution is -2.43. The lowest BCUT2D eigenvalue weighted by atomic mass is 10.3. The Morgan fingerprint density at radius 2 is 2.06 bits per heavy atom. The van der Waals surface area contributed by atoms with Crippen molar-refractivity contribution in [3.05, 3.63) is 30.3 Å². The highest BCUT2D eigenvalue weighted by atomic mass is 16.2. The van der Waals surface area contributed by atoms with Gasteiger partial charge in [-0.25, -0.2) is 4.79 Å². The zero-order valence-electron chi connectivity index (χ0n) is 9.64. The Morgan fingerprint density at radius 3 is 2.59 bits per heavy atom. The molecule has 0 radical (unpaired) electrons. The molecular formula is C12H15N3O2. The Balaban J connectivity index is 2.76. The number of hydrogen-bond acceptors (Lipinski definition) is 3. The van der Waals surface area contributed by atoms with Crippen LogP contribution in [-0.2, 0) is 4.79 Å². The van der Waals surface area contributed by atoms with Gasteiger partial charge >= 0.3 is 6.03 Å². The first-order valence-electron chi connectivity index (χ1n) is 5.28. The second-order valence-electron chi connectivity index (χ2n) is 3.44. The molecule has 17 heavy (non-hydrogen) atoms. The summed E-state index contributed by atoms with van der Waals surface area (Å²) >= 11 is 0. The summed E-state index contributed by atoms with van der Waals surface area (Å²) in [5.41, 5.74) is 0.628. The van der Waals surface area contributed by atoms with E-state index in [0.717, 1.165) is 6.29 Å². The SMILES string of the molecule is CC(=N)N(C(=O)NCCC=O)c1ccccc1. The highest BCUT2D eigenvalue weighted by Gasteiger charge is 2.16. The van der Waals surface area contributed by atoms with Crippen LogP contribution in [0.5, 0.6) is 0 Å². The maximum Gasteiger partial charge on any atom is 0.327 e. The van der Waals surface area contributed by atoms with E-state index in [0.29, 0.717) is 5.69 Å². The van der Waals surface area contributed by atoms with Gasteiger partial charge in [0.2, 0.25) is 0 Å². The highest BCUT2D eigenvalue weighted by Crippen LogP contribution is 2.13. The molecule has 0 aliphatic heterocycles. The van der Waals surface area contributed by atoms with Crippen molar-refractivity contribution < 1.29 is 9.59 Å². The molecule has 2 amide bonds. The molecule has 0 aliphatic carbocycles. The number of urea groups is 1. The van der Waals surface area contributed by atoms with Gasteiger partial charge < -0.3 is 10.1 Å². The number of nitrogens with zero attached hydrogens (tertiary/aromatic N) is 1. The van der Waals surface area contributed by atoms with E-state index in [-0.39, 0.29) is 18.8 Å². The van der Waals surface area contributed by atoms with Crippen molar-refractivity contribution in [1.29, 1.82) is 5.41 Å². The molecule has 1 aromatic rings. The highest BCUT2D eigenvalue weighted by molar-refractivity contribution is 6.14. The largest absolute Gasteiger partial charge is 0.337 e. The van der Waals surface area contributed by atoms with E-state index in [9.17, 15) is 9.59 Å². The van der Waals surface area contributed by atoms with Crippen molar-refractivity contribution >= 4 is 23.8 Å². The predicted molar refractivity (Wildman–Crippen MR) is 66.4 cm³/mol. The minimum absolute atomic E-state index is 0.125. The van der Waals surface area contributed by atoms with Crippen LogP contribution in [0.25, 0.3) is 0 Å². The number of amides is 2. The molecule has 0 aromatic heterocycles. The van der Waals surface area contributed by atoms with Gasteiger partial charge in [0.1, 0.15) is 12.1 Å².